The van der Waals surface area contributed by atoms with Crippen LogP contribution in [0.15, 0.2) is 48.5 Å². The number of aromatic carboxylic acids is 2. The molecule has 10 heteroatoms. The quantitative estimate of drug-likeness (QED) is 0.636. The number of para-hydroxylation sites is 2. The average molecular weight is 334 g/mol. The SMILES string of the molecule is O=C(O)c1ccccc1[N+](=O)[O-].O=C(O)c1ccccc1[N+](=O)[O-]. The van der Waals surface area contributed by atoms with Crippen molar-refractivity contribution in [1.82, 2.24) is 0 Å². The van der Waals surface area contributed by atoms with E-state index in [-0.39, 0.29) is 22.5 Å². The second kappa shape index (κ2) is 7.98. The highest BCUT2D eigenvalue weighted by atomic mass is 16.6. The van der Waals surface area contributed by atoms with E-state index >= 15 is 0 Å². The molecule has 0 radical (unpaired) electrons. The van der Waals surface area contributed by atoms with Gasteiger partial charge in [-0.25, -0.2) is 9.59 Å². The molecule has 2 aromatic rings. The van der Waals surface area contributed by atoms with Gasteiger partial charge in [-0.05, 0) is 12.1 Å². The molecule has 0 aromatic heterocycles. The third-order valence-corrected chi connectivity index (χ3v) is 2.66. The minimum absolute atomic E-state index is 0.289. The highest BCUT2D eigenvalue weighted by molar-refractivity contribution is 5.92. The van der Waals surface area contributed by atoms with Crippen LogP contribution < -0.4 is 0 Å². The number of carboxylic acids is 2. The molecule has 24 heavy (non-hydrogen) atoms. The largest absolute Gasteiger partial charge is 0.477 e. The Morgan fingerprint density at radius 3 is 1.21 bits per heavy atom. The van der Waals surface area contributed by atoms with Gasteiger partial charge in [-0.2, -0.15) is 0 Å². The average Bonchev–Trinajstić information content (AvgIpc) is 2.55. The number of nitro groups is 2. The van der Waals surface area contributed by atoms with Crippen molar-refractivity contribution in [3.63, 3.8) is 0 Å². The Morgan fingerprint density at radius 2 is 1.00 bits per heavy atom. The fourth-order valence-electron chi connectivity index (χ4n) is 1.63. The highest BCUT2D eigenvalue weighted by Crippen LogP contribution is 2.17. The van der Waals surface area contributed by atoms with Gasteiger partial charge in [0.05, 0.1) is 9.85 Å². The molecule has 0 fully saturated rings. The molecule has 0 heterocycles. The van der Waals surface area contributed by atoms with E-state index in [4.69, 9.17) is 10.2 Å². The van der Waals surface area contributed by atoms with Crippen LogP contribution in [0.3, 0.4) is 0 Å². The lowest BCUT2D eigenvalue weighted by molar-refractivity contribution is -0.385. The van der Waals surface area contributed by atoms with Crippen LogP contribution in [0, 0.1) is 20.2 Å². The predicted octanol–water partition coefficient (Wildman–Crippen LogP) is 2.59. The molecule has 0 saturated heterocycles. The molecule has 0 aliphatic rings. The van der Waals surface area contributed by atoms with E-state index in [0.29, 0.717) is 0 Å². The van der Waals surface area contributed by atoms with Gasteiger partial charge < -0.3 is 10.2 Å². The number of benzene rings is 2. The van der Waals surface area contributed by atoms with Gasteiger partial charge in [0.2, 0.25) is 0 Å². The summed E-state index contributed by atoms with van der Waals surface area (Å²) in [5.74, 6) is -2.58. The molecule has 10 nitrogen and oxygen atoms in total. The molecule has 2 aromatic carbocycles. The summed E-state index contributed by atoms with van der Waals surface area (Å²) in [5.41, 5.74) is -1.35. The highest BCUT2D eigenvalue weighted by Gasteiger charge is 2.18. The second-order valence-electron chi connectivity index (χ2n) is 4.16. The van der Waals surface area contributed by atoms with Crippen molar-refractivity contribution < 1.29 is 29.6 Å². The zero-order valence-electron chi connectivity index (χ0n) is 11.9. The Kier molecular flexibility index (Phi) is 6.06. The molecule has 0 saturated carbocycles. The lowest BCUT2D eigenvalue weighted by Crippen LogP contribution is -2.01. The van der Waals surface area contributed by atoms with Gasteiger partial charge in [0, 0.05) is 12.1 Å². The molecule has 0 unspecified atom stereocenters. The Morgan fingerprint density at radius 1 is 0.708 bits per heavy atom. The van der Waals surface area contributed by atoms with Gasteiger partial charge in [0.1, 0.15) is 11.1 Å². The molecule has 124 valence electrons. The summed E-state index contributed by atoms with van der Waals surface area (Å²) in [6.45, 7) is 0. The van der Waals surface area contributed by atoms with Crippen molar-refractivity contribution in [2.75, 3.05) is 0 Å². The van der Waals surface area contributed by atoms with E-state index in [1.54, 1.807) is 0 Å². The maximum absolute atomic E-state index is 10.4. The molecular weight excluding hydrogens is 324 g/mol. The van der Waals surface area contributed by atoms with Crippen LogP contribution in [0.2, 0.25) is 0 Å². The number of nitrogens with zero attached hydrogens (tertiary/aromatic N) is 2. The summed E-state index contributed by atoms with van der Waals surface area (Å²) in [6, 6.07) is 10.4. The molecule has 0 amide bonds. The van der Waals surface area contributed by atoms with Gasteiger partial charge in [0.25, 0.3) is 11.4 Å². The van der Waals surface area contributed by atoms with Crippen LogP contribution in [0.25, 0.3) is 0 Å². The summed E-state index contributed by atoms with van der Waals surface area (Å²) in [7, 11) is 0. The van der Waals surface area contributed by atoms with Crippen molar-refractivity contribution in [3.05, 3.63) is 79.9 Å². The number of carbonyl (C=O) groups is 2. The van der Waals surface area contributed by atoms with Crippen molar-refractivity contribution in [2.24, 2.45) is 0 Å². The van der Waals surface area contributed by atoms with E-state index in [2.05, 4.69) is 0 Å². The van der Waals surface area contributed by atoms with Crippen molar-refractivity contribution in [1.29, 1.82) is 0 Å². The van der Waals surface area contributed by atoms with Gasteiger partial charge in [-0.3, -0.25) is 20.2 Å². The lowest BCUT2D eigenvalue weighted by atomic mass is 10.2. The van der Waals surface area contributed by atoms with Crippen LogP contribution in [0.5, 0.6) is 0 Å². The van der Waals surface area contributed by atoms with Crippen LogP contribution >= 0.6 is 0 Å². The third kappa shape index (κ3) is 4.59. The predicted molar refractivity (Wildman–Crippen MR) is 80.1 cm³/mol. The molecule has 0 bridgehead atoms. The van der Waals surface area contributed by atoms with Crippen LogP contribution in [-0.2, 0) is 0 Å². The number of hydrogen-bond acceptors (Lipinski definition) is 6. The third-order valence-electron chi connectivity index (χ3n) is 2.66. The van der Waals surface area contributed by atoms with Gasteiger partial charge in [0.15, 0.2) is 0 Å². The minimum atomic E-state index is -1.29. The summed E-state index contributed by atoms with van der Waals surface area (Å²) in [4.78, 5) is 39.9. The second-order valence-corrected chi connectivity index (χ2v) is 4.16. The first-order chi connectivity index (χ1) is 11.3. The fraction of sp³-hybridized carbons (Fsp3) is 0. The van der Waals surface area contributed by atoms with Gasteiger partial charge >= 0.3 is 11.9 Å². The van der Waals surface area contributed by atoms with Gasteiger partial charge in [-0.15, -0.1) is 0 Å². The van der Waals surface area contributed by atoms with Crippen LogP contribution in [-0.4, -0.2) is 32.0 Å². The number of rotatable bonds is 4. The molecule has 0 atom stereocenters. The van der Waals surface area contributed by atoms with Crippen LogP contribution in [0.4, 0.5) is 11.4 Å². The summed E-state index contributed by atoms with van der Waals surface area (Å²) in [6.07, 6.45) is 0. The van der Waals surface area contributed by atoms with Crippen LogP contribution in [0.1, 0.15) is 20.7 Å². The summed E-state index contributed by atoms with van der Waals surface area (Å²) >= 11 is 0. The maximum Gasteiger partial charge on any atom is 0.342 e. The zero-order valence-corrected chi connectivity index (χ0v) is 11.9. The van der Waals surface area contributed by atoms with Crippen molar-refractivity contribution in [3.8, 4) is 0 Å². The normalized spacial score (nSPS) is 9.33. The van der Waals surface area contributed by atoms with Crippen molar-refractivity contribution >= 4 is 23.3 Å². The number of hydrogen-bond donors (Lipinski definition) is 2. The first-order valence-corrected chi connectivity index (χ1v) is 6.19. The topological polar surface area (TPSA) is 161 Å². The van der Waals surface area contributed by atoms with E-state index in [1.807, 2.05) is 0 Å². The first-order valence-electron chi connectivity index (χ1n) is 6.19. The maximum atomic E-state index is 10.4. The van der Waals surface area contributed by atoms with E-state index in [9.17, 15) is 29.8 Å². The molecule has 2 rings (SSSR count). The minimum Gasteiger partial charge on any atom is -0.477 e. The van der Waals surface area contributed by atoms with E-state index in [0.717, 1.165) is 12.1 Å². The zero-order chi connectivity index (χ0) is 18.3. The fourth-order valence-corrected chi connectivity index (χ4v) is 1.63. The Bertz CT molecular complexity index is 669. The molecule has 2 N–H and O–H groups in total. The Hall–Kier alpha value is -3.82. The standard InChI is InChI=1S/2C7H5NO4/c2*9-7(10)5-3-1-2-4-6(5)8(11)12/h2*1-4H,(H,9,10). The van der Waals surface area contributed by atoms with E-state index in [1.165, 1.54) is 36.4 Å². The van der Waals surface area contributed by atoms with Crippen molar-refractivity contribution in [2.45, 2.75) is 0 Å². The number of nitro benzene ring substituents is 2. The molecular formula is C14H10N2O8. The van der Waals surface area contributed by atoms with E-state index < -0.39 is 21.8 Å². The summed E-state index contributed by atoms with van der Waals surface area (Å²) < 4.78 is 0. The Balaban J connectivity index is 0.000000240. The summed E-state index contributed by atoms with van der Waals surface area (Å²) in [5, 5.41) is 37.6. The number of carboxylic acid groups (broad SMARTS) is 2. The molecule has 0 aliphatic carbocycles. The first kappa shape index (κ1) is 18.2. The lowest BCUT2D eigenvalue weighted by Gasteiger charge is -1.94. The smallest absolute Gasteiger partial charge is 0.342 e. The molecule has 0 aliphatic heterocycles. The Labute approximate surface area is 133 Å². The van der Waals surface area contributed by atoms with Gasteiger partial charge in [-0.1, -0.05) is 24.3 Å². The molecule has 0 spiro atoms. The monoisotopic (exact) mass is 334 g/mol.